The summed E-state index contributed by atoms with van der Waals surface area (Å²) in [6, 6.07) is 0. The van der Waals surface area contributed by atoms with E-state index in [1.54, 1.807) is 0 Å². The predicted octanol–water partition coefficient (Wildman–Crippen LogP) is 0.601. The van der Waals surface area contributed by atoms with Crippen molar-refractivity contribution in [3.8, 4) is 0 Å². The number of carbonyl (C=O) groups excluding carboxylic acids is 2. The number of hydrogen-bond donors (Lipinski definition) is 0. The molecule has 0 heterocycles. The summed E-state index contributed by atoms with van der Waals surface area (Å²) < 4.78 is 0. The van der Waals surface area contributed by atoms with E-state index in [0.29, 0.717) is 0 Å². The highest BCUT2D eigenvalue weighted by atomic mass is 35.5. The lowest BCUT2D eigenvalue weighted by molar-refractivity contribution is -0.113. The van der Waals surface area contributed by atoms with Crippen molar-refractivity contribution in [2.75, 3.05) is 0 Å². The molecule has 0 fully saturated rings. The minimum atomic E-state index is -0.846. The van der Waals surface area contributed by atoms with Crippen LogP contribution in [0.3, 0.4) is 0 Å². The molecule has 0 atom stereocenters. The van der Waals surface area contributed by atoms with E-state index >= 15 is 0 Å². The van der Waals surface area contributed by atoms with Crippen LogP contribution in [0.2, 0.25) is 0 Å². The maximum atomic E-state index is 10.1. The second-order valence-electron chi connectivity index (χ2n) is 0.913. The molecule has 0 bridgehead atoms. The van der Waals surface area contributed by atoms with Gasteiger partial charge in [0, 0.05) is 0 Å². The molecule has 3 nitrogen and oxygen atoms in total. The van der Waals surface area contributed by atoms with Gasteiger partial charge in [0.15, 0.2) is 0 Å². The molecular formula is C4H2ClNO2. The van der Waals surface area contributed by atoms with Crippen LogP contribution in [-0.2, 0) is 9.59 Å². The number of halogens is 1. The third-order valence-electron chi connectivity index (χ3n) is 0.379. The van der Waals surface area contributed by atoms with Crippen molar-refractivity contribution in [2.45, 2.75) is 0 Å². The Morgan fingerprint density at radius 2 is 2.25 bits per heavy atom. The van der Waals surface area contributed by atoms with E-state index < -0.39 is 5.91 Å². The Kier molecular flexibility index (Phi) is 2.77. The van der Waals surface area contributed by atoms with Gasteiger partial charge in [-0.2, -0.15) is 0 Å². The van der Waals surface area contributed by atoms with Gasteiger partial charge in [-0.05, 0) is 0 Å². The summed E-state index contributed by atoms with van der Waals surface area (Å²) in [5.74, 6) is -0.846. The zero-order valence-corrected chi connectivity index (χ0v) is 4.60. The molecular weight excluding hydrogens is 130 g/mol. The molecule has 42 valence electrons. The van der Waals surface area contributed by atoms with Gasteiger partial charge in [-0.25, -0.2) is 4.79 Å². The Bertz CT molecular complexity index is 165. The maximum absolute atomic E-state index is 10.1. The second kappa shape index (κ2) is 3.13. The van der Waals surface area contributed by atoms with E-state index in [0.717, 1.165) is 6.08 Å². The fourth-order valence-electron chi connectivity index (χ4n) is 0.102. The molecule has 0 aliphatic rings. The molecule has 0 saturated carbocycles. The van der Waals surface area contributed by atoms with Crippen LogP contribution >= 0.6 is 11.6 Å². The van der Waals surface area contributed by atoms with Crippen LogP contribution in [0.4, 0.5) is 0 Å². The predicted molar refractivity (Wildman–Crippen MR) is 28.1 cm³/mol. The van der Waals surface area contributed by atoms with E-state index in [9.17, 15) is 9.59 Å². The molecule has 0 rings (SSSR count). The van der Waals surface area contributed by atoms with Crippen LogP contribution in [0.25, 0.3) is 0 Å². The van der Waals surface area contributed by atoms with Crippen molar-refractivity contribution in [1.29, 1.82) is 0 Å². The molecule has 0 aliphatic carbocycles. The van der Waals surface area contributed by atoms with Gasteiger partial charge in [0.25, 0.3) is 5.91 Å². The molecule has 1 amide bonds. The zero-order valence-electron chi connectivity index (χ0n) is 3.85. The van der Waals surface area contributed by atoms with Gasteiger partial charge in [0.1, 0.15) is 5.03 Å². The van der Waals surface area contributed by atoms with Gasteiger partial charge in [-0.15, -0.1) is 4.99 Å². The van der Waals surface area contributed by atoms with E-state index in [1.807, 2.05) is 0 Å². The third kappa shape index (κ3) is 2.29. The minimum absolute atomic E-state index is 0.284. The normalized spacial score (nSPS) is 7.12. The van der Waals surface area contributed by atoms with Crippen LogP contribution in [0.5, 0.6) is 0 Å². The first-order valence-corrected chi connectivity index (χ1v) is 2.03. The van der Waals surface area contributed by atoms with Gasteiger partial charge in [-0.1, -0.05) is 18.2 Å². The Morgan fingerprint density at radius 3 is 2.38 bits per heavy atom. The van der Waals surface area contributed by atoms with Crippen LogP contribution in [0, 0.1) is 0 Å². The number of aliphatic imine (C=N–C) groups is 1. The summed E-state index contributed by atoms with van der Waals surface area (Å²) >= 11 is 4.99. The first-order chi connectivity index (χ1) is 3.68. The lowest BCUT2D eigenvalue weighted by atomic mass is 10.6. The van der Waals surface area contributed by atoms with E-state index in [1.165, 1.54) is 0 Å². The molecule has 0 aromatic rings. The Labute approximate surface area is 50.7 Å². The van der Waals surface area contributed by atoms with Crippen molar-refractivity contribution >= 4 is 23.6 Å². The quantitative estimate of drug-likeness (QED) is 0.297. The summed E-state index contributed by atoms with van der Waals surface area (Å²) in [5, 5.41) is -0.284. The summed E-state index contributed by atoms with van der Waals surface area (Å²) in [6.45, 7) is 3.02. The number of carbonyl (C=O) groups is 1. The molecule has 0 aromatic heterocycles. The number of amides is 1. The average molecular weight is 132 g/mol. The van der Waals surface area contributed by atoms with Crippen molar-refractivity contribution in [3.63, 3.8) is 0 Å². The number of nitrogens with zero attached hydrogens (tertiary/aromatic N) is 1. The van der Waals surface area contributed by atoms with Crippen LogP contribution < -0.4 is 0 Å². The lowest BCUT2D eigenvalue weighted by Gasteiger charge is -1.77. The number of hydrogen-bond acceptors (Lipinski definition) is 2. The average Bonchev–Trinajstić information content (AvgIpc) is 1.67. The van der Waals surface area contributed by atoms with Crippen molar-refractivity contribution in [2.24, 2.45) is 4.99 Å². The molecule has 0 saturated heterocycles. The Hall–Kier alpha value is -0.920. The first kappa shape index (κ1) is 7.08. The van der Waals surface area contributed by atoms with Crippen LogP contribution in [-0.4, -0.2) is 12.0 Å². The molecule has 4 heteroatoms. The Morgan fingerprint density at radius 1 is 1.75 bits per heavy atom. The first-order valence-electron chi connectivity index (χ1n) is 1.65. The van der Waals surface area contributed by atoms with Crippen molar-refractivity contribution < 1.29 is 9.59 Å². The molecule has 0 spiro atoms. The van der Waals surface area contributed by atoms with Crippen LogP contribution in [0.1, 0.15) is 0 Å². The SMILES string of the molecule is C=C(Cl)C(=O)N=C=O. The van der Waals surface area contributed by atoms with Gasteiger partial charge in [-0.3, -0.25) is 4.79 Å². The fraction of sp³-hybridized carbons (Fsp3) is 0. The summed E-state index contributed by atoms with van der Waals surface area (Å²) in [6.07, 6.45) is 1.03. The highest BCUT2D eigenvalue weighted by Gasteiger charge is 1.97. The van der Waals surface area contributed by atoms with Crippen molar-refractivity contribution in [3.05, 3.63) is 11.6 Å². The van der Waals surface area contributed by atoms with Gasteiger partial charge in [0.05, 0.1) is 0 Å². The van der Waals surface area contributed by atoms with Gasteiger partial charge < -0.3 is 0 Å². The zero-order chi connectivity index (χ0) is 6.57. The number of isocyanates is 1. The smallest absolute Gasteiger partial charge is 0.265 e. The highest BCUT2D eigenvalue weighted by molar-refractivity contribution is 6.42. The topological polar surface area (TPSA) is 46.5 Å². The number of rotatable bonds is 1. The molecule has 0 unspecified atom stereocenters. The minimum Gasteiger partial charge on any atom is -0.265 e. The molecule has 0 N–H and O–H groups in total. The standard InChI is InChI=1S/C4H2ClNO2/c1-3(5)4(8)6-2-7/h1H2. The lowest BCUT2D eigenvalue weighted by Crippen LogP contribution is -1.88. The van der Waals surface area contributed by atoms with E-state index in [4.69, 9.17) is 11.6 Å². The molecule has 8 heavy (non-hydrogen) atoms. The molecule has 0 aromatic carbocycles. The highest BCUT2D eigenvalue weighted by Crippen LogP contribution is 1.96. The largest absolute Gasteiger partial charge is 0.298 e. The Balaban J connectivity index is 4.05. The fourth-order valence-corrected chi connectivity index (χ4v) is 0.144. The summed E-state index contributed by atoms with van der Waals surface area (Å²) in [7, 11) is 0. The summed E-state index contributed by atoms with van der Waals surface area (Å²) in [5.41, 5.74) is 0. The second-order valence-corrected chi connectivity index (χ2v) is 1.37. The molecule has 0 aliphatic heterocycles. The molecule has 0 radical (unpaired) electrons. The van der Waals surface area contributed by atoms with E-state index in [-0.39, 0.29) is 5.03 Å². The van der Waals surface area contributed by atoms with Gasteiger partial charge >= 0.3 is 0 Å². The maximum Gasteiger partial charge on any atom is 0.298 e. The van der Waals surface area contributed by atoms with Gasteiger partial charge in [0.2, 0.25) is 6.08 Å². The third-order valence-corrected chi connectivity index (χ3v) is 0.541. The summed E-state index contributed by atoms with van der Waals surface area (Å²) in [4.78, 5) is 22.0. The monoisotopic (exact) mass is 131 g/mol. The van der Waals surface area contributed by atoms with E-state index in [2.05, 4.69) is 11.6 Å². The van der Waals surface area contributed by atoms with Crippen LogP contribution in [0.15, 0.2) is 16.6 Å². The van der Waals surface area contributed by atoms with Crippen molar-refractivity contribution in [1.82, 2.24) is 0 Å².